The van der Waals surface area contributed by atoms with E-state index in [1.807, 2.05) is 44.5 Å². The highest BCUT2D eigenvalue weighted by atomic mass is 32.1. The molecule has 2 unspecified atom stereocenters. The Labute approximate surface area is 221 Å². The van der Waals surface area contributed by atoms with Crippen molar-refractivity contribution in [3.8, 4) is 0 Å². The molecule has 4 N–H and O–H groups in total. The molecule has 4 rings (SSSR count). The number of allylic oxidation sites excluding steroid dienone is 2. The van der Waals surface area contributed by atoms with Crippen molar-refractivity contribution in [3.05, 3.63) is 54.0 Å². The van der Waals surface area contributed by atoms with Crippen LogP contribution in [0.1, 0.15) is 63.7 Å². The van der Waals surface area contributed by atoms with Crippen LogP contribution in [-0.4, -0.2) is 63.4 Å². The fraction of sp³-hybridized carbons (Fsp3) is 0.556. The first-order chi connectivity index (χ1) is 17.1. The predicted octanol–water partition coefficient (Wildman–Crippen LogP) is 3.87. The summed E-state index contributed by atoms with van der Waals surface area (Å²) in [6.45, 7) is 10.0. The van der Waals surface area contributed by atoms with E-state index in [9.17, 15) is 4.79 Å². The van der Waals surface area contributed by atoms with Crippen LogP contribution in [0.15, 0.2) is 48.5 Å². The van der Waals surface area contributed by atoms with E-state index < -0.39 is 5.66 Å². The average Bonchev–Trinajstić information content (AvgIpc) is 3.10. The van der Waals surface area contributed by atoms with Gasteiger partial charge in [-0.2, -0.15) is 12.6 Å². The topological polar surface area (TPSA) is 89.8 Å². The van der Waals surface area contributed by atoms with Gasteiger partial charge in [-0.25, -0.2) is 4.98 Å². The van der Waals surface area contributed by atoms with Gasteiger partial charge in [-0.15, -0.1) is 0 Å². The Bertz CT molecular complexity index is 1070. The molecule has 1 aromatic heterocycles. The number of carbonyl (C=O) groups is 1. The van der Waals surface area contributed by atoms with Gasteiger partial charge in [0.25, 0.3) is 5.91 Å². The number of nitrogens with two attached hydrogens (primary N) is 1. The second-order valence-corrected chi connectivity index (χ2v) is 11.1. The number of aromatic nitrogens is 1. The van der Waals surface area contributed by atoms with Crippen molar-refractivity contribution in [1.29, 1.82) is 0 Å². The molecule has 196 valence electrons. The monoisotopic (exact) mass is 511 g/mol. The molecule has 0 spiro atoms. The fourth-order valence-electron chi connectivity index (χ4n) is 5.73. The lowest BCUT2D eigenvalue weighted by molar-refractivity contribution is 0.0417. The first-order valence-electron chi connectivity index (χ1n) is 13.0. The lowest BCUT2D eigenvalue weighted by Gasteiger charge is -2.54. The van der Waals surface area contributed by atoms with E-state index in [1.165, 1.54) is 0 Å². The van der Waals surface area contributed by atoms with E-state index in [-0.39, 0.29) is 22.9 Å². The van der Waals surface area contributed by atoms with Gasteiger partial charge in [-0.3, -0.25) is 4.79 Å². The van der Waals surface area contributed by atoms with Crippen LogP contribution in [0.3, 0.4) is 0 Å². The maximum absolute atomic E-state index is 13.7. The first kappa shape index (κ1) is 26.4. The molecule has 1 aromatic rings. The molecule has 0 saturated carbocycles. The second-order valence-electron chi connectivity index (χ2n) is 10.6. The van der Waals surface area contributed by atoms with E-state index in [4.69, 9.17) is 10.7 Å². The summed E-state index contributed by atoms with van der Waals surface area (Å²) < 4.78 is 0. The Kier molecular flexibility index (Phi) is 7.61. The first-order valence-corrected chi connectivity index (χ1v) is 13.5. The molecule has 3 atom stereocenters. The summed E-state index contributed by atoms with van der Waals surface area (Å²) in [6.07, 6.45) is 13.6. The summed E-state index contributed by atoms with van der Waals surface area (Å²) in [5, 5.41) is 6.86. The summed E-state index contributed by atoms with van der Waals surface area (Å²) in [7, 11) is 2.04. The lowest BCUT2D eigenvalue weighted by atomic mass is 9.93. The highest BCUT2D eigenvalue weighted by Gasteiger charge is 2.58. The maximum atomic E-state index is 13.7. The largest absolute Gasteiger partial charge is 0.372 e. The number of amides is 1. The van der Waals surface area contributed by atoms with Crippen LogP contribution >= 0.6 is 12.6 Å². The third-order valence-electron chi connectivity index (χ3n) is 7.55. The van der Waals surface area contributed by atoms with E-state index in [0.717, 1.165) is 43.9 Å². The van der Waals surface area contributed by atoms with Gasteiger partial charge in [-0.1, -0.05) is 18.2 Å². The molecule has 36 heavy (non-hydrogen) atoms. The van der Waals surface area contributed by atoms with Crippen LogP contribution in [0.2, 0.25) is 0 Å². The number of fused-ring (bicyclic) bond motifs is 3. The molecular formula is C27H41N7OS. The molecule has 0 aliphatic carbocycles. The Morgan fingerprint density at radius 2 is 2.11 bits per heavy atom. The minimum absolute atomic E-state index is 0.0487. The van der Waals surface area contributed by atoms with Crippen molar-refractivity contribution in [2.45, 2.75) is 76.0 Å². The third-order valence-corrected chi connectivity index (χ3v) is 8.06. The molecule has 1 amide bonds. The SMILES string of the molecule is CCN1C(=O)c2ccc(N/C=C\C(C)N)nc2N2C(C)(C)CC[C@]12CCCNC1=CC=CC(S)N1C. The number of rotatable bonds is 9. The van der Waals surface area contributed by atoms with E-state index in [0.29, 0.717) is 17.9 Å². The van der Waals surface area contributed by atoms with Crippen molar-refractivity contribution in [1.82, 2.24) is 20.1 Å². The van der Waals surface area contributed by atoms with Crippen molar-refractivity contribution in [2.75, 3.05) is 30.4 Å². The van der Waals surface area contributed by atoms with Crippen LogP contribution in [0.25, 0.3) is 0 Å². The third kappa shape index (κ3) is 4.83. The molecule has 1 fully saturated rings. The molecular weight excluding hydrogens is 470 g/mol. The normalized spacial score (nSPS) is 25.6. The zero-order valence-electron chi connectivity index (χ0n) is 22.2. The van der Waals surface area contributed by atoms with Gasteiger partial charge in [-0.05, 0) is 77.8 Å². The van der Waals surface area contributed by atoms with Gasteiger partial charge in [0.05, 0.1) is 10.9 Å². The lowest BCUT2D eigenvalue weighted by Crippen LogP contribution is -2.66. The second kappa shape index (κ2) is 10.4. The van der Waals surface area contributed by atoms with E-state index >= 15 is 0 Å². The van der Waals surface area contributed by atoms with Gasteiger partial charge >= 0.3 is 0 Å². The Balaban J connectivity index is 1.60. The summed E-state index contributed by atoms with van der Waals surface area (Å²) in [5.41, 5.74) is 5.99. The zero-order chi connectivity index (χ0) is 26.1. The molecule has 0 radical (unpaired) electrons. The molecule has 3 aliphatic rings. The smallest absolute Gasteiger partial charge is 0.259 e. The van der Waals surface area contributed by atoms with Gasteiger partial charge in [0.2, 0.25) is 0 Å². The molecule has 0 aromatic carbocycles. The van der Waals surface area contributed by atoms with Gasteiger partial charge in [0.1, 0.15) is 23.1 Å². The summed E-state index contributed by atoms with van der Waals surface area (Å²) in [5.74, 6) is 2.62. The number of likely N-dealkylation sites (N-methyl/N-ethyl adjacent to an activating group) is 1. The molecule has 0 bridgehead atoms. The van der Waals surface area contributed by atoms with Crippen molar-refractivity contribution < 1.29 is 4.79 Å². The standard InChI is InChI=1S/C27H41N7OS/c1-6-33-25(35)20-11-12-21(29-18-13-19(2)28)31-24(20)34-26(3,4)15-16-27(33,34)14-8-17-30-22-9-7-10-23(36)32(22)5/h7,9-13,18-19,23,30,36H,6,8,14-17,28H2,1-5H3,(H,29,31)/b18-13-/t19?,23?,27-/m1/s1. The molecule has 3 aliphatic heterocycles. The number of thiol groups is 1. The van der Waals surface area contributed by atoms with Crippen LogP contribution in [0.5, 0.6) is 0 Å². The number of hydrogen-bond donors (Lipinski definition) is 4. The van der Waals surface area contributed by atoms with Crippen LogP contribution < -0.4 is 21.3 Å². The number of nitrogens with one attached hydrogen (secondary N) is 2. The quantitative estimate of drug-likeness (QED) is 0.296. The Morgan fingerprint density at radius 1 is 1.33 bits per heavy atom. The van der Waals surface area contributed by atoms with Crippen LogP contribution in [0.4, 0.5) is 11.6 Å². The Hall–Kier alpha value is -2.65. The van der Waals surface area contributed by atoms with E-state index in [2.05, 4.69) is 70.9 Å². The van der Waals surface area contributed by atoms with Gasteiger partial charge < -0.3 is 31.1 Å². The van der Waals surface area contributed by atoms with Crippen molar-refractivity contribution in [2.24, 2.45) is 5.73 Å². The van der Waals surface area contributed by atoms with Crippen molar-refractivity contribution >= 4 is 30.2 Å². The summed E-state index contributed by atoms with van der Waals surface area (Å²) >= 11 is 4.60. The van der Waals surface area contributed by atoms with Crippen molar-refractivity contribution in [3.63, 3.8) is 0 Å². The summed E-state index contributed by atoms with van der Waals surface area (Å²) in [6, 6.07) is 3.72. The van der Waals surface area contributed by atoms with E-state index in [1.54, 1.807) is 0 Å². The number of anilines is 2. The minimum Gasteiger partial charge on any atom is -0.372 e. The number of carbonyl (C=O) groups excluding carboxylic acids is 1. The molecule has 8 nitrogen and oxygen atoms in total. The molecule has 9 heteroatoms. The maximum Gasteiger partial charge on any atom is 0.259 e. The number of hydrogen-bond acceptors (Lipinski definition) is 8. The van der Waals surface area contributed by atoms with Gasteiger partial charge in [0.15, 0.2) is 0 Å². The minimum atomic E-state index is -0.393. The Morgan fingerprint density at radius 3 is 2.83 bits per heavy atom. The molecule has 1 saturated heterocycles. The fourth-order valence-corrected chi connectivity index (χ4v) is 5.96. The van der Waals surface area contributed by atoms with Gasteiger partial charge in [0, 0.05) is 31.7 Å². The number of nitrogens with zero attached hydrogens (tertiary/aromatic N) is 4. The zero-order valence-corrected chi connectivity index (χ0v) is 23.1. The highest BCUT2D eigenvalue weighted by Crippen LogP contribution is 2.52. The highest BCUT2D eigenvalue weighted by molar-refractivity contribution is 7.81. The molecule has 4 heterocycles. The number of pyridine rings is 1. The van der Waals surface area contributed by atoms with Crippen LogP contribution in [-0.2, 0) is 0 Å². The van der Waals surface area contributed by atoms with Crippen LogP contribution in [0, 0.1) is 0 Å². The summed E-state index contributed by atoms with van der Waals surface area (Å²) in [4.78, 5) is 25.3. The predicted molar refractivity (Wildman–Crippen MR) is 151 cm³/mol. The average molecular weight is 512 g/mol.